The number of hydrogen-bond donors (Lipinski definition) is 1. The highest BCUT2D eigenvalue weighted by Crippen LogP contribution is 2.30. The van der Waals surface area contributed by atoms with E-state index in [0.29, 0.717) is 12.3 Å². The minimum absolute atomic E-state index is 0.189. The lowest BCUT2D eigenvalue weighted by molar-refractivity contribution is -0.121. The van der Waals surface area contributed by atoms with Crippen molar-refractivity contribution in [1.82, 2.24) is 5.32 Å². The second-order valence-electron chi connectivity index (χ2n) is 6.25. The topological polar surface area (TPSA) is 29.1 Å². The number of benzene rings is 1. The maximum Gasteiger partial charge on any atom is 0.220 e. The van der Waals surface area contributed by atoms with Crippen molar-refractivity contribution < 1.29 is 4.79 Å². The molecule has 21 heavy (non-hydrogen) atoms. The molecule has 1 N–H and O–H groups in total. The average molecular weight is 352 g/mol. The first-order valence-corrected chi connectivity index (χ1v) is 9.19. The second kappa shape index (κ2) is 8.57. The van der Waals surface area contributed by atoms with E-state index in [4.69, 9.17) is 0 Å². The molecule has 1 aromatic carbocycles. The minimum Gasteiger partial charge on any atom is -0.356 e. The minimum atomic E-state index is 0.189. The van der Waals surface area contributed by atoms with Crippen molar-refractivity contribution >= 4 is 21.8 Å². The highest BCUT2D eigenvalue weighted by atomic mass is 79.9. The lowest BCUT2D eigenvalue weighted by atomic mass is 9.80. The Morgan fingerprint density at radius 1 is 1.19 bits per heavy atom. The van der Waals surface area contributed by atoms with Crippen molar-refractivity contribution in [2.24, 2.45) is 11.8 Å². The summed E-state index contributed by atoms with van der Waals surface area (Å²) in [4.78, 5) is 12.0. The number of hydrogen-bond acceptors (Lipinski definition) is 1. The van der Waals surface area contributed by atoms with Gasteiger partial charge in [-0.2, -0.15) is 0 Å². The Morgan fingerprint density at radius 2 is 1.86 bits per heavy atom. The summed E-state index contributed by atoms with van der Waals surface area (Å²) in [5.41, 5.74) is 2.51. The van der Waals surface area contributed by atoms with Crippen molar-refractivity contribution in [2.45, 2.75) is 45.4 Å². The number of carbonyl (C=O) groups is 1. The zero-order valence-electron chi connectivity index (χ0n) is 12.9. The Labute approximate surface area is 136 Å². The third kappa shape index (κ3) is 5.46. The lowest BCUT2D eigenvalue weighted by Crippen LogP contribution is -2.34. The molecule has 2 nitrogen and oxygen atoms in total. The molecule has 1 aromatic rings. The molecular formula is C18H26BrNO. The van der Waals surface area contributed by atoms with E-state index in [1.54, 1.807) is 0 Å². The van der Waals surface area contributed by atoms with E-state index in [1.807, 2.05) is 0 Å². The van der Waals surface area contributed by atoms with Crippen LogP contribution in [0.5, 0.6) is 0 Å². The Balaban J connectivity index is 1.70. The molecule has 3 heteroatoms. The Hall–Kier alpha value is -0.830. The molecular weight excluding hydrogens is 326 g/mol. The van der Waals surface area contributed by atoms with E-state index in [0.717, 1.165) is 24.2 Å². The van der Waals surface area contributed by atoms with Crippen molar-refractivity contribution in [3.63, 3.8) is 0 Å². The quantitative estimate of drug-likeness (QED) is 0.762. The second-order valence-corrected chi connectivity index (χ2v) is 6.90. The molecule has 1 fully saturated rings. The zero-order chi connectivity index (χ0) is 15.1. The molecule has 1 saturated carbocycles. The number of amides is 1. The van der Waals surface area contributed by atoms with E-state index in [1.165, 1.54) is 36.8 Å². The third-order valence-corrected chi connectivity index (χ3v) is 5.42. The molecule has 2 unspecified atom stereocenters. The van der Waals surface area contributed by atoms with Crippen LogP contribution in [0.15, 0.2) is 24.3 Å². The van der Waals surface area contributed by atoms with Crippen LogP contribution in [0.25, 0.3) is 0 Å². The van der Waals surface area contributed by atoms with E-state index < -0.39 is 0 Å². The number of alkyl halides is 1. The van der Waals surface area contributed by atoms with Gasteiger partial charge in [-0.3, -0.25) is 4.79 Å². The van der Waals surface area contributed by atoms with Gasteiger partial charge in [-0.15, -0.1) is 0 Å². The van der Waals surface area contributed by atoms with Gasteiger partial charge in [0.2, 0.25) is 5.91 Å². The fourth-order valence-corrected chi connectivity index (χ4v) is 3.95. The van der Waals surface area contributed by atoms with Crippen LogP contribution in [0.3, 0.4) is 0 Å². The molecule has 0 aromatic heterocycles. The third-order valence-electron chi connectivity index (χ3n) is 4.59. The van der Waals surface area contributed by atoms with Gasteiger partial charge in [-0.1, -0.05) is 58.6 Å². The summed E-state index contributed by atoms with van der Waals surface area (Å²) in [5.74, 6) is 1.58. The first-order valence-electron chi connectivity index (χ1n) is 8.07. The van der Waals surface area contributed by atoms with Crippen LogP contribution in [0, 0.1) is 18.8 Å². The standard InChI is InChI=1S/C18H26BrNO/c1-14-6-8-15(9-7-14)10-11-18(21)20-13-17-5-3-2-4-16(17)12-19/h6-9,16-17H,2-5,10-13H2,1H3,(H,20,21). The number of rotatable bonds is 6. The van der Waals surface area contributed by atoms with Gasteiger partial charge >= 0.3 is 0 Å². The van der Waals surface area contributed by atoms with Gasteiger partial charge in [0.05, 0.1) is 0 Å². The molecule has 0 bridgehead atoms. The summed E-state index contributed by atoms with van der Waals surface area (Å²) < 4.78 is 0. The number of nitrogens with one attached hydrogen (secondary N) is 1. The Morgan fingerprint density at radius 3 is 2.52 bits per heavy atom. The van der Waals surface area contributed by atoms with Gasteiger partial charge in [0.15, 0.2) is 0 Å². The highest BCUT2D eigenvalue weighted by molar-refractivity contribution is 9.09. The first-order chi connectivity index (χ1) is 10.2. The van der Waals surface area contributed by atoms with E-state index in [9.17, 15) is 4.79 Å². The molecule has 2 atom stereocenters. The van der Waals surface area contributed by atoms with Crippen LogP contribution >= 0.6 is 15.9 Å². The summed E-state index contributed by atoms with van der Waals surface area (Å²) in [5, 5.41) is 4.20. The molecule has 1 aliphatic rings. The monoisotopic (exact) mass is 351 g/mol. The molecule has 0 aliphatic heterocycles. The van der Waals surface area contributed by atoms with Crippen molar-refractivity contribution in [3.05, 3.63) is 35.4 Å². The maximum absolute atomic E-state index is 12.0. The molecule has 116 valence electrons. The molecule has 1 amide bonds. The summed E-state index contributed by atoms with van der Waals surface area (Å²) in [6.07, 6.45) is 6.64. The summed E-state index contributed by atoms with van der Waals surface area (Å²) in [7, 11) is 0. The number of halogens is 1. The number of aryl methyl sites for hydroxylation is 2. The normalized spacial score (nSPS) is 22.0. The largest absolute Gasteiger partial charge is 0.356 e. The predicted molar refractivity (Wildman–Crippen MR) is 91.8 cm³/mol. The van der Waals surface area contributed by atoms with Crippen LogP contribution < -0.4 is 5.32 Å². The SMILES string of the molecule is Cc1ccc(CCC(=O)NCC2CCCCC2CBr)cc1. The van der Waals surface area contributed by atoms with Gasteiger partial charge in [0.1, 0.15) is 0 Å². The zero-order valence-corrected chi connectivity index (χ0v) is 14.5. The highest BCUT2D eigenvalue weighted by Gasteiger charge is 2.24. The van der Waals surface area contributed by atoms with Crippen molar-refractivity contribution in [1.29, 1.82) is 0 Å². The number of carbonyl (C=O) groups excluding carboxylic acids is 1. The van der Waals surface area contributed by atoms with Gasteiger partial charge in [0, 0.05) is 18.3 Å². The molecule has 0 saturated heterocycles. The van der Waals surface area contributed by atoms with Crippen LogP contribution in [0.4, 0.5) is 0 Å². The van der Waals surface area contributed by atoms with Crippen molar-refractivity contribution in [2.75, 3.05) is 11.9 Å². The van der Waals surface area contributed by atoms with Crippen molar-refractivity contribution in [3.8, 4) is 0 Å². The van der Waals surface area contributed by atoms with Crippen LogP contribution in [-0.2, 0) is 11.2 Å². The summed E-state index contributed by atoms with van der Waals surface area (Å²) >= 11 is 3.61. The molecule has 0 spiro atoms. The van der Waals surface area contributed by atoms with E-state index in [2.05, 4.69) is 52.4 Å². The maximum atomic E-state index is 12.0. The molecule has 2 rings (SSSR count). The summed E-state index contributed by atoms with van der Waals surface area (Å²) in [6, 6.07) is 8.45. The first kappa shape index (κ1) is 16.5. The summed E-state index contributed by atoms with van der Waals surface area (Å²) in [6.45, 7) is 2.93. The van der Waals surface area contributed by atoms with E-state index >= 15 is 0 Å². The van der Waals surface area contributed by atoms with Gasteiger partial charge in [0.25, 0.3) is 0 Å². The van der Waals surface area contributed by atoms with Gasteiger partial charge < -0.3 is 5.32 Å². The predicted octanol–water partition coefficient (Wildman–Crippen LogP) is 4.25. The Kier molecular flexibility index (Phi) is 6.75. The van der Waals surface area contributed by atoms with Crippen LogP contribution in [0.2, 0.25) is 0 Å². The van der Waals surface area contributed by atoms with E-state index in [-0.39, 0.29) is 5.91 Å². The average Bonchev–Trinajstić information content (AvgIpc) is 2.52. The molecule has 0 heterocycles. The fourth-order valence-electron chi connectivity index (χ4n) is 3.10. The van der Waals surface area contributed by atoms with Crippen LogP contribution in [0.1, 0.15) is 43.2 Å². The Bertz CT molecular complexity index is 443. The van der Waals surface area contributed by atoms with Gasteiger partial charge in [-0.25, -0.2) is 0 Å². The lowest BCUT2D eigenvalue weighted by Gasteiger charge is -2.30. The fraction of sp³-hybridized carbons (Fsp3) is 0.611. The van der Waals surface area contributed by atoms with Crippen LogP contribution in [-0.4, -0.2) is 17.8 Å². The van der Waals surface area contributed by atoms with Gasteiger partial charge in [-0.05, 0) is 43.6 Å². The smallest absolute Gasteiger partial charge is 0.220 e. The molecule has 0 radical (unpaired) electrons. The molecule has 1 aliphatic carbocycles.